The average molecular weight is 255 g/mol. The van der Waals surface area contributed by atoms with E-state index < -0.39 is 0 Å². The third kappa shape index (κ3) is 3.67. The van der Waals surface area contributed by atoms with Crippen molar-refractivity contribution < 1.29 is 5.11 Å². The largest absolute Gasteiger partial charge is 0.391 e. The Morgan fingerprint density at radius 1 is 1.22 bits per heavy atom. The van der Waals surface area contributed by atoms with Crippen molar-refractivity contribution in [3.63, 3.8) is 0 Å². The molecule has 0 amide bonds. The van der Waals surface area contributed by atoms with Gasteiger partial charge in [0.2, 0.25) is 0 Å². The fourth-order valence-corrected chi connectivity index (χ4v) is 2.78. The Morgan fingerprint density at radius 2 is 1.89 bits per heavy atom. The van der Waals surface area contributed by atoms with Gasteiger partial charge in [0.25, 0.3) is 0 Å². The first-order valence-electron chi connectivity index (χ1n) is 7.32. The Balaban J connectivity index is 1.73. The highest BCUT2D eigenvalue weighted by atomic mass is 16.3. The molecule has 0 saturated carbocycles. The number of nitrogens with one attached hydrogen (secondary N) is 1. The standard InChI is InChI=1S/C14H29N3O/c1-14(2,3)13(18)11-16-6-8-17(9-7-16)12-4-5-15-10-12/h12-13,15,18H,4-11H2,1-3H3. The van der Waals surface area contributed by atoms with Gasteiger partial charge in [0, 0.05) is 45.3 Å². The zero-order valence-electron chi connectivity index (χ0n) is 12.2. The van der Waals surface area contributed by atoms with E-state index in [-0.39, 0.29) is 11.5 Å². The lowest BCUT2D eigenvalue weighted by atomic mass is 9.89. The van der Waals surface area contributed by atoms with Crippen molar-refractivity contribution in [1.29, 1.82) is 0 Å². The summed E-state index contributed by atoms with van der Waals surface area (Å²) in [6, 6.07) is 0.750. The lowest BCUT2D eigenvalue weighted by Crippen LogP contribution is -2.53. The fourth-order valence-electron chi connectivity index (χ4n) is 2.78. The third-order valence-electron chi connectivity index (χ3n) is 4.39. The molecule has 2 fully saturated rings. The monoisotopic (exact) mass is 255 g/mol. The van der Waals surface area contributed by atoms with Crippen LogP contribution in [0.15, 0.2) is 0 Å². The number of β-amino-alcohol motifs (C(OH)–C–C–N with tert-alkyl or cyclic N) is 1. The predicted molar refractivity (Wildman–Crippen MR) is 74.7 cm³/mol. The van der Waals surface area contributed by atoms with Gasteiger partial charge in [0.05, 0.1) is 6.10 Å². The molecule has 0 radical (unpaired) electrons. The summed E-state index contributed by atoms with van der Waals surface area (Å²) in [6.45, 7) is 14.0. The van der Waals surface area contributed by atoms with Gasteiger partial charge in [-0.1, -0.05) is 20.8 Å². The maximum Gasteiger partial charge on any atom is 0.0715 e. The van der Waals surface area contributed by atoms with Crippen LogP contribution in [0.5, 0.6) is 0 Å². The number of hydrogen-bond acceptors (Lipinski definition) is 4. The summed E-state index contributed by atoms with van der Waals surface area (Å²) in [5.41, 5.74) is -0.00743. The second-order valence-corrected chi connectivity index (χ2v) is 6.87. The van der Waals surface area contributed by atoms with Gasteiger partial charge in [0.15, 0.2) is 0 Å². The molecule has 0 aromatic rings. The van der Waals surface area contributed by atoms with Crippen LogP contribution in [0.1, 0.15) is 27.2 Å². The Bertz CT molecular complexity index is 250. The molecule has 4 heteroatoms. The zero-order valence-corrected chi connectivity index (χ0v) is 12.2. The van der Waals surface area contributed by atoms with Crippen LogP contribution in [0, 0.1) is 5.41 Å². The molecule has 106 valence electrons. The molecule has 2 unspecified atom stereocenters. The lowest BCUT2D eigenvalue weighted by Gasteiger charge is -2.40. The van der Waals surface area contributed by atoms with Crippen molar-refractivity contribution in [3.05, 3.63) is 0 Å². The van der Waals surface area contributed by atoms with Gasteiger partial charge in [-0.3, -0.25) is 9.80 Å². The minimum Gasteiger partial charge on any atom is -0.391 e. The van der Waals surface area contributed by atoms with Crippen LogP contribution in [-0.2, 0) is 0 Å². The van der Waals surface area contributed by atoms with Gasteiger partial charge in [-0.2, -0.15) is 0 Å². The van der Waals surface area contributed by atoms with Gasteiger partial charge >= 0.3 is 0 Å². The third-order valence-corrected chi connectivity index (χ3v) is 4.39. The Morgan fingerprint density at radius 3 is 2.39 bits per heavy atom. The molecule has 2 heterocycles. The highest BCUT2D eigenvalue weighted by Gasteiger charge is 2.29. The highest BCUT2D eigenvalue weighted by Crippen LogP contribution is 2.20. The number of piperazine rings is 1. The van der Waals surface area contributed by atoms with Crippen LogP contribution in [0.2, 0.25) is 0 Å². The summed E-state index contributed by atoms with van der Waals surface area (Å²) >= 11 is 0. The van der Waals surface area contributed by atoms with Crippen LogP contribution in [0.3, 0.4) is 0 Å². The summed E-state index contributed by atoms with van der Waals surface area (Å²) in [6.07, 6.45) is 1.07. The van der Waals surface area contributed by atoms with E-state index in [2.05, 4.69) is 35.9 Å². The Labute approximate surface area is 111 Å². The highest BCUT2D eigenvalue weighted by molar-refractivity contribution is 4.85. The number of aliphatic hydroxyl groups is 1. The van der Waals surface area contributed by atoms with Gasteiger partial charge in [-0.25, -0.2) is 0 Å². The molecule has 2 aliphatic rings. The number of aliphatic hydroxyl groups excluding tert-OH is 1. The normalized spacial score (nSPS) is 29.7. The summed E-state index contributed by atoms with van der Waals surface area (Å²) in [5.74, 6) is 0. The predicted octanol–water partition coefficient (Wildman–Crippen LogP) is 0.373. The van der Waals surface area contributed by atoms with E-state index in [1.54, 1.807) is 0 Å². The minimum atomic E-state index is -0.225. The topological polar surface area (TPSA) is 38.7 Å². The molecule has 2 saturated heterocycles. The lowest BCUT2D eigenvalue weighted by molar-refractivity contribution is 0.00893. The van der Waals surface area contributed by atoms with E-state index in [4.69, 9.17) is 0 Å². The summed E-state index contributed by atoms with van der Waals surface area (Å²) in [4.78, 5) is 5.02. The molecule has 18 heavy (non-hydrogen) atoms. The molecule has 0 spiro atoms. The van der Waals surface area contributed by atoms with Crippen molar-refractivity contribution in [3.8, 4) is 0 Å². The quantitative estimate of drug-likeness (QED) is 0.764. The van der Waals surface area contributed by atoms with Gasteiger partial charge in [-0.15, -0.1) is 0 Å². The van der Waals surface area contributed by atoms with E-state index >= 15 is 0 Å². The first-order chi connectivity index (χ1) is 8.47. The SMILES string of the molecule is CC(C)(C)C(O)CN1CCN(C2CCNC2)CC1. The van der Waals surface area contributed by atoms with Crippen molar-refractivity contribution in [2.45, 2.75) is 39.3 Å². The minimum absolute atomic E-state index is 0.00743. The average Bonchev–Trinajstić information content (AvgIpc) is 2.82. The fraction of sp³-hybridized carbons (Fsp3) is 1.00. The molecule has 0 aliphatic carbocycles. The zero-order chi connectivity index (χ0) is 13.2. The van der Waals surface area contributed by atoms with Gasteiger partial charge in [-0.05, 0) is 18.4 Å². The first-order valence-corrected chi connectivity index (χ1v) is 7.32. The van der Waals surface area contributed by atoms with E-state index in [1.807, 2.05) is 0 Å². The van der Waals surface area contributed by atoms with Crippen molar-refractivity contribution in [1.82, 2.24) is 15.1 Å². The van der Waals surface area contributed by atoms with Crippen LogP contribution in [-0.4, -0.2) is 72.9 Å². The summed E-state index contributed by atoms with van der Waals surface area (Å²) in [7, 11) is 0. The van der Waals surface area contributed by atoms with Gasteiger partial charge in [0.1, 0.15) is 0 Å². The second-order valence-electron chi connectivity index (χ2n) is 6.87. The van der Waals surface area contributed by atoms with Crippen LogP contribution >= 0.6 is 0 Å². The Hall–Kier alpha value is -0.160. The molecule has 2 atom stereocenters. The molecule has 4 nitrogen and oxygen atoms in total. The van der Waals surface area contributed by atoms with E-state index in [1.165, 1.54) is 13.0 Å². The molecule has 2 N–H and O–H groups in total. The second kappa shape index (κ2) is 5.87. The molecular weight excluding hydrogens is 226 g/mol. The number of hydrogen-bond donors (Lipinski definition) is 2. The van der Waals surface area contributed by atoms with Crippen LogP contribution < -0.4 is 5.32 Å². The van der Waals surface area contributed by atoms with Crippen LogP contribution in [0.4, 0.5) is 0 Å². The van der Waals surface area contributed by atoms with E-state index in [9.17, 15) is 5.11 Å². The van der Waals surface area contributed by atoms with Crippen LogP contribution in [0.25, 0.3) is 0 Å². The van der Waals surface area contributed by atoms with Crippen molar-refractivity contribution >= 4 is 0 Å². The maximum atomic E-state index is 10.2. The Kier molecular flexibility index (Phi) is 4.64. The molecule has 2 aliphatic heterocycles. The van der Waals surface area contributed by atoms with E-state index in [0.717, 1.165) is 45.3 Å². The summed E-state index contributed by atoms with van der Waals surface area (Å²) in [5, 5.41) is 13.6. The molecular formula is C14H29N3O. The molecule has 0 bridgehead atoms. The summed E-state index contributed by atoms with van der Waals surface area (Å²) < 4.78 is 0. The molecule has 2 rings (SSSR count). The van der Waals surface area contributed by atoms with E-state index in [0.29, 0.717) is 0 Å². The number of rotatable bonds is 3. The maximum absolute atomic E-state index is 10.2. The first kappa shape index (κ1) is 14.3. The van der Waals surface area contributed by atoms with Gasteiger partial charge < -0.3 is 10.4 Å². The smallest absolute Gasteiger partial charge is 0.0715 e. The van der Waals surface area contributed by atoms with Crippen molar-refractivity contribution in [2.75, 3.05) is 45.8 Å². The molecule has 0 aromatic heterocycles. The van der Waals surface area contributed by atoms with Crippen molar-refractivity contribution in [2.24, 2.45) is 5.41 Å². The molecule has 0 aromatic carbocycles. The number of nitrogens with zero attached hydrogens (tertiary/aromatic N) is 2.